The van der Waals surface area contributed by atoms with Crippen molar-refractivity contribution >= 4 is 23.5 Å². The van der Waals surface area contributed by atoms with Crippen LogP contribution in [0.2, 0.25) is 0 Å². The summed E-state index contributed by atoms with van der Waals surface area (Å²) in [6.45, 7) is 1.60. The van der Waals surface area contributed by atoms with E-state index in [1.54, 1.807) is 72.7 Å². The van der Waals surface area contributed by atoms with Crippen LogP contribution in [0.1, 0.15) is 23.0 Å². The maximum Gasteiger partial charge on any atom is 0.322 e. The molecule has 3 aromatic rings. The lowest BCUT2D eigenvalue weighted by Gasteiger charge is -2.21. The number of aromatic nitrogens is 3. The van der Waals surface area contributed by atoms with Crippen LogP contribution in [0, 0.1) is 0 Å². The number of imidazole rings is 1. The van der Waals surface area contributed by atoms with Crippen molar-refractivity contribution in [2.75, 3.05) is 5.32 Å². The van der Waals surface area contributed by atoms with Gasteiger partial charge in [0, 0.05) is 18.1 Å². The van der Waals surface area contributed by atoms with Gasteiger partial charge >= 0.3 is 6.03 Å². The highest BCUT2D eigenvalue weighted by Crippen LogP contribution is 2.26. The van der Waals surface area contributed by atoms with Crippen molar-refractivity contribution in [3.05, 3.63) is 72.4 Å². The summed E-state index contributed by atoms with van der Waals surface area (Å²) in [5.74, 6) is -0.281. The van der Waals surface area contributed by atoms with Crippen LogP contribution in [0.25, 0.3) is 5.82 Å². The van der Waals surface area contributed by atoms with Gasteiger partial charge in [-0.1, -0.05) is 18.2 Å². The summed E-state index contributed by atoms with van der Waals surface area (Å²) < 4.78 is 1.69. The van der Waals surface area contributed by atoms with Crippen LogP contribution in [-0.2, 0) is 10.3 Å². The fourth-order valence-electron chi connectivity index (χ4n) is 2.94. The van der Waals surface area contributed by atoms with Gasteiger partial charge in [-0.25, -0.2) is 14.8 Å². The van der Waals surface area contributed by atoms with Crippen molar-refractivity contribution in [2.24, 2.45) is 0 Å². The van der Waals surface area contributed by atoms with Gasteiger partial charge in [-0.15, -0.1) is 0 Å². The van der Waals surface area contributed by atoms with Crippen molar-refractivity contribution in [3.63, 3.8) is 0 Å². The highest BCUT2D eigenvalue weighted by Gasteiger charge is 2.43. The number of rotatable bonds is 4. The number of anilines is 1. The van der Waals surface area contributed by atoms with E-state index in [0.717, 1.165) is 0 Å². The molecule has 0 spiro atoms. The van der Waals surface area contributed by atoms with Crippen LogP contribution in [0.5, 0.6) is 0 Å². The first-order chi connectivity index (χ1) is 13.5. The molecule has 0 aliphatic carbocycles. The van der Waals surface area contributed by atoms with E-state index in [2.05, 4.69) is 25.9 Å². The smallest absolute Gasteiger partial charge is 0.321 e. The van der Waals surface area contributed by atoms with Crippen LogP contribution in [0.3, 0.4) is 0 Å². The van der Waals surface area contributed by atoms with E-state index in [9.17, 15) is 14.4 Å². The zero-order chi connectivity index (χ0) is 19.7. The van der Waals surface area contributed by atoms with Crippen LogP contribution in [-0.4, -0.2) is 32.4 Å². The van der Waals surface area contributed by atoms with Crippen LogP contribution < -0.4 is 16.0 Å². The number of urea groups is 1. The van der Waals surface area contributed by atoms with Gasteiger partial charge < -0.3 is 10.6 Å². The minimum Gasteiger partial charge on any atom is -0.321 e. The largest absolute Gasteiger partial charge is 0.322 e. The van der Waals surface area contributed by atoms with Crippen molar-refractivity contribution < 1.29 is 14.4 Å². The molecule has 1 saturated heterocycles. The normalized spacial score (nSPS) is 18.5. The number of nitrogens with one attached hydrogen (secondary N) is 3. The molecule has 9 nitrogen and oxygen atoms in total. The average molecular weight is 376 g/mol. The zero-order valence-electron chi connectivity index (χ0n) is 14.8. The number of carbonyl (C=O) groups is 3. The van der Waals surface area contributed by atoms with Gasteiger partial charge in [-0.3, -0.25) is 19.5 Å². The molecule has 0 unspecified atom stereocenters. The number of nitrogens with zero attached hydrogens (tertiary/aromatic N) is 3. The Morgan fingerprint density at radius 1 is 1.18 bits per heavy atom. The number of hydrogen-bond acceptors (Lipinski definition) is 5. The molecule has 1 aromatic carbocycles. The van der Waals surface area contributed by atoms with Gasteiger partial charge in [0.05, 0.1) is 0 Å². The lowest BCUT2D eigenvalue weighted by Crippen LogP contribution is -2.40. The second-order valence-electron chi connectivity index (χ2n) is 6.42. The summed E-state index contributed by atoms with van der Waals surface area (Å²) in [6.07, 6.45) is 4.95. The quantitative estimate of drug-likeness (QED) is 0.598. The fraction of sp³-hybridized carbons (Fsp3) is 0.105. The number of hydrogen-bond donors (Lipinski definition) is 3. The second kappa shape index (κ2) is 6.62. The third-order valence-electron chi connectivity index (χ3n) is 4.48. The minimum absolute atomic E-state index is 0.231. The molecular formula is C19H16N6O3. The molecule has 9 heteroatoms. The molecule has 1 aliphatic heterocycles. The Morgan fingerprint density at radius 3 is 2.71 bits per heavy atom. The van der Waals surface area contributed by atoms with Crippen LogP contribution in [0.15, 0.2) is 61.2 Å². The van der Waals surface area contributed by atoms with Crippen molar-refractivity contribution in [2.45, 2.75) is 12.5 Å². The van der Waals surface area contributed by atoms with Gasteiger partial charge in [0.1, 0.15) is 23.4 Å². The zero-order valence-corrected chi connectivity index (χ0v) is 14.8. The summed E-state index contributed by atoms with van der Waals surface area (Å²) in [6, 6.07) is 11.3. The van der Waals surface area contributed by atoms with E-state index >= 15 is 0 Å². The first-order valence-corrected chi connectivity index (χ1v) is 8.46. The SMILES string of the molecule is C[C@]1(c2cccc(NC(=O)c3cccc(-n4ccnc4)n3)c2)NC(=O)NC1=O. The van der Waals surface area contributed by atoms with Crippen LogP contribution in [0.4, 0.5) is 10.5 Å². The van der Waals surface area contributed by atoms with E-state index in [1.807, 2.05) is 0 Å². The van der Waals surface area contributed by atoms with Crippen molar-refractivity contribution in [3.8, 4) is 5.82 Å². The lowest BCUT2D eigenvalue weighted by atomic mass is 9.92. The maximum atomic E-state index is 12.6. The molecule has 1 atom stereocenters. The van der Waals surface area contributed by atoms with Crippen molar-refractivity contribution in [1.82, 2.24) is 25.2 Å². The van der Waals surface area contributed by atoms with Gasteiger partial charge in [0.15, 0.2) is 0 Å². The number of carbonyl (C=O) groups excluding carboxylic acids is 3. The molecule has 1 fully saturated rings. The molecule has 4 amide bonds. The first-order valence-electron chi connectivity index (χ1n) is 8.46. The Balaban J connectivity index is 1.57. The standard InChI is InChI=1S/C19H16N6O3/c1-19(17(27)23-18(28)24-19)12-4-2-5-13(10-12)21-16(26)14-6-3-7-15(22-14)25-9-8-20-11-25/h2-11H,1H3,(H,21,26)(H2,23,24,27,28)/t19-/m1/s1. The van der Waals surface area contributed by atoms with Crippen molar-refractivity contribution in [1.29, 1.82) is 0 Å². The average Bonchev–Trinajstić information content (AvgIpc) is 3.31. The summed E-state index contributed by atoms with van der Waals surface area (Å²) in [5, 5.41) is 7.58. The molecule has 2 aromatic heterocycles. The molecule has 140 valence electrons. The molecule has 0 saturated carbocycles. The monoisotopic (exact) mass is 376 g/mol. The van der Waals surface area contributed by atoms with Gasteiger partial charge in [-0.05, 0) is 36.8 Å². The highest BCUT2D eigenvalue weighted by molar-refractivity contribution is 6.07. The van der Waals surface area contributed by atoms with Gasteiger partial charge in [0.2, 0.25) is 0 Å². The molecular weight excluding hydrogens is 360 g/mol. The first kappa shape index (κ1) is 17.4. The Labute approximate surface area is 159 Å². The summed E-state index contributed by atoms with van der Waals surface area (Å²) in [5.41, 5.74) is 0.0632. The highest BCUT2D eigenvalue weighted by atomic mass is 16.2. The Kier molecular flexibility index (Phi) is 4.11. The molecule has 3 N–H and O–H groups in total. The number of benzene rings is 1. The summed E-state index contributed by atoms with van der Waals surface area (Å²) in [7, 11) is 0. The molecule has 0 bridgehead atoms. The van der Waals surface area contributed by atoms with Gasteiger partial charge in [-0.2, -0.15) is 0 Å². The molecule has 4 rings (SSSR count). The minimum atomic E-state index is -1.20. The van der Waals surface area contributed by atoms with E-state index in [4.69, 9.17) is 0 Å². The third kappa shape index (κ3) is 3.09. The number of imide groups is 1. The fourth-order valence-corrected chi connectivity index (χ4v) is 2.94. The lowest BCUT2D eigenvalue weighted by molar-refractivity contribution is -0.123. The predicted molar refractivity (Wildman–Crippen MR) is 99.8 cm³/mol. The number of pyridine rings is 1. The van der Waals surface area contributed by atoms with E-state index in [1.165, 1.54) is 0 Å². The van der Waals surface area contributed by atoms with E-state index in [-0.39, 0.29) is 5.69 Å². The van der Waals surface area contributed by atoms with E-state index in [0.29, 0.717) is 17.1 Å². The summed E-state index contributed by atoms with van der Waals surface area (Å²) in [4.78, 5) is 44.5. The molecule has 3 heterocycles. The topological polar surface area (TPSA) is 118 Å². The summed E-state index contributed by atoms with van der Waals surface area (Å²) >= 11 is 0. The maximum absolute atomic E-state index is 12.6. The van der Waals surface area contributed by atoms with Crippen LogP contribution >= 0.6 is 0 Å². The Hall–Kier alpha value is -4.01. The van der Waals surface area contributed by atoms with E-state index < -0.39 is 23.4 Å². The molecule has 28 heavy (non-hydrogen) atoms. The number of amides is 4. The molecule has 1 aliphatic rings. The second-order valence-corrected chi connectivity index (χ2v) is 6.42. The van der Waals surface area contributed by atoms with Gasteiger partial charge in [0.25, 0.3) is 11.8 Å². The third-order valence-corrected chi connectivity index (χ3v) is 4.48. The molecule has 0 radical (unpaired) electrons. The Bertz CT molecular complexity index is 1080. The predicted octanol–water partition coefficient (Wildman–Crippen LogP) is 1.57. The Morgan fingerprint density at radius 2 is 2.00 bits per heavy atom.